The number of nitrogens with zero attached hydrogens (tertiary/aromatic N) is 1. The summed E-state index contributed by atoms with van der Waals surface area (Å²) < 4.78 is 26.6. The number of ketones is 1. The van der Waals surface area contributed by atoms with Crippen molar-refractivity contribution in [2.75, 3.05) is 13.1 Å². The van der Waals surface area contributed by atoms with Crippen LogP contribution in [-0.4, -0.2) is 35.4 Å². The molecule has 1 aromatic carbocycles. The lowest BCUT2D eigenvalue weighted by Gasteiger charge is -2.28. The predicted molar refractivity (Wildman–Crippen MR) is 95.3 cm³/mol. The average molecular weight is 374 g/mol. The number of carbonyl (C=O) groups is 2. The number of nitrogens with one attached hydrogen (secondary N) is 3. The van der Waals surface area contributed by atoms with Crippen molar-refractivity contribution in [1.29, 1.82) is 0 Å². The van der Waals surface area contributed by atoms with Gasteiger partial charge in [-0.2, -0.15) is 0 Å². The largest absolute Gasteiger partial charge is 0.334 e. The second-order valence-electron chi connectivity index (χ2n) is 6.57. The lowest BCUT2D eigenvalue weighted by atomic mass is 9.89. The van der Waals surface area contributed by atoms with Crippen molar-refractivity contribution in [3.05, 3.63) is 65.0 Å². The Kier molecular flexibility index (Phi) is 5.46. The van der Waals surface area contributed by atoms with Gasteiger partial charge >= 0.3 is 6.03 Å². The Bertz CT molecular complexity index is 849. The number of amides is 2. The number of benzene rings is 1. The molecule has 3 rings (SSSR count). The standard InChI is InChI=1S/C19H20F2N4O2/c1-12-2-3-14(10-23-12)17(26)19(6-7-22-11-19)25-18(27)24-9-13-4-5-15(20)8-16(13)21/h2-5,8,10,22H,6-7,9,11H2,1H3,(H2,24,25,27)/t19-/m1/s1. The molecule has 0 saturated carbocycles. The number of rotatable bonds is 5. The number of halogens is 2. The molecule has 0 bridgehead atoms. The van der Waals surface area contributed by atoms with Gasteiger partial charge in [-0.25, -0.2) is 13.6 Å². The molecule has 0 radical (unpaired) electrons. The van der Waals surface area contributed by atoms with Crippen LogP contribution in [0.4, 0.5) is 13.6 Å². The van der Waals surface area contributed by atoms with Crippen molar-refractivity contribution in [3.8, 4) is 0 Å². The molecule has 1 aromatic heterocycles. The van der Waals surface area contributed by atoms with E-state index in [9.17, 15) is 18.4 Å². The second-order valence-corrected chi connectivity index (χ2v) is 6.57. The summed E-state index contributed by atoms with van der Waals surface area (Å²) in [6.45, 7) is 2.57. The first kappa shape index (κ1) is 18.9. The first-order valence-electron chi connectivity index (χ1n) is 8.58. The molecule has 2 amide bonds. The summed E-state index contributed by atoms with van der Waals surface area (Å²) in [5, 5.41) is 8.32. The summed E-state index contributed by atoms with van der Waals surface area (Å²) in [5.74, 6) is -1.66. The quantitative estimate of drug-likeness (QED) is 0.700. The van der Waals surface area contributed by atoms with Crippen LogP contribution in [0.5, 0.6) is 0 Å². The Labute approximate surface area is 155 Å². The van der Waals surface area contributed by atoms with E-state index < -0.39 is 23.2 Å². The van der Waals surface area contributed by atoms with Crippen LogP contribution in [0.2, 0.25) is 0 Å². The summed E-state index contributed by atoms with van der Waals surface area (Å²) in [6, 6.07) is 5.95. The molecule has 0 unspecified atom stereocenters. The lowest BCUT2D eigenvalue weighted by Crippen LogP contribution is -2.58. The third kappa shape index (κ3) is 4.28. The van der Waals surface area contributed by atoms with Crippen LogP contribution >= 0.6 is 0 Å². The zero-order valence-electron chi connectivity index (χ0n) is 14.8. The topological polar surface area (TPSA) is 83.1 Å². The lowest BCUT2D eigenvalue weighted by molar-refractivity contribution is 0.0873. The van der Waals surface area contributed by atoms with Gasteiger partial charge in [-0.3, -0.25) is 9.78 Å². The molecule has 3 N–H and O–H groups in total. The Balaban J connectivity index is 1.69. The number of hydrogen-bond acceptors (Lipinski definition) is 4. The summed E-state index contributed by atoms with van der Waals surface area (Å²) in [4.78, 5) is 29.4. The zero-order valence-corrected chi connectivity index (χ0v) is 14.8. The molecule has 1 fully saturated rings. The Morgan fingerprint density at radius 3 is 2.70 bits per heavy atom. The van der Waals surface area contributed by atoms with E-state index in [-0.39, 0.29) is 24.4 Å². The fraction of sp³-hybridized carbons (Fsp3) is 0.316. The van der Waals surface area contributed by atoms with Crippen LogP contribution in [-0.2, 0) is 6.54 Å². The number of carbonyl (C=O) groups excluding carboxylic acids is 2. The minimum atomic E-state index is -1.09. The highest BCUT2D eigenvalue weighted by Gasteiger charge is 2.43. The van der Waals surface area contributed by atoms with Gasteiger partial charge in [0.1, 0.15) is 17.2 Å². The van der Waals surface area contributed by atoms with Gasteiger partial charge in [0.05, 0.1) is 0 Å². The number of pyridine rings is 1. The molecule has 1 saturated heterocycles. The molecule has 0 spiro atoms. The van der Waals surface area contributed by atoms with Crippen molar-refractivity contribution >= 4 is 11.8 Å². The molecule has 8 heteroatoms. The van der Waals surface area contributed by atoms with Gasteiger partial charge in [-0.05, 0) is 38.1 Å². The summed E-state index contributed by atoms with van der Waals surface area (Å²) >= 11 is 0. The van der Waals surface area contributed by atoms with Crippen LogP contribution in [0.1, 0.15) is 28.0 Å². The number of aromatic nitrogens is 1. The van der Waals surface area contributed by atoms with Gasteiger partial charge in [-0.15, -0.1) is 0 Å². The van der Waals surface area contributed by atoms with E-state index in [1.807, 2.05) is 6.92 Å². The monoisotopic (exact) mass is 374 g/mol. The molecule has 27 heavy (non-hydrogen) atoms. The van der Waals surface area contributed by atoms with Crippen LogP contribution in [0.15, 0.2) is 36.5 Å². The minimum absolute atomic E-state index is 0.123. The maximum absolute atomic E-state index is 13.7. The molecule has 1 atom stereocenters. The van der Waals surface area contributed by atoms with E-state index in [0.29, 0.717) is 18.5 Å². The maximum atomic E-state index is 13.7. The number of aryl methyl sites for hydroxylation is 1. The molecule has 1 aliphatic heterocycles. The fourth-order valence-corrected chi connectivity index (χ4v) is 3.03. The SMILES string of the molecule is Cc1ccc(C(=O)[C@@]2(NC(=O)NCc3ccc(F)cc3F)CCNC2)cn1. The highest BCUT2D eigenvalue weighted by atomic mass is 19.1. The number of urea groups is 1. The summed E-state index contributed by atoms with van der Waals surface area (Å²) in [7, 11) is 0. The van der Waals surface area contributed by atoms with E-state index in [0.717, 1.165) is 17.8 Å². The zero-order chi connectivity index (χ0) is 19.4. The third-order valence-electron chi connectivity index (χ3n) is 4.57. The van der Waals surface area contributed by atoms with E-state index in [4.69, 9.17) is 0 Å². The Morgan fingerprint density at radius 2 is 2.07 bits per heavy atom. The van der Waals surface area contributed by atoms with Crippen LogP contribution < -0.4 is 16.0 Å². The predicted octanol–water partition coefficient (Wildman–Crippen LogP) is 2.08. The smallest absolute Gasteiger partial charge is 0.315 e. The summed E-state index contributed by atoms with van der Waals surface area (Å²) in [6.07, 6.45) is 1.92. The van der Waals surface area contributed by atoms with Gasteiger partial charge < -0.3 is 16.0 Å². The molecule has 2 heterocycles. The first-order chi connectivity index (χ1) is 12.9. The minimum Gasteiger partial charge on any atom is -0.334 e. The second kappa shape index (κ2) is 7.79. The third-order valence-corrected chi connectivity index (χ3v) is 4.57. The Morgan fingerprint density at radius 1 is 1.26 bits per heavy atom. The molecule has 142 valence electrons. The van der Waals surface area contributed by atoms with Crippen LogP contribution in [0, 0.1) is 18.6 Å². The van der Waals surface area contributed by atoms with Gasteiger partial charge in [0.2, 0.25) is 0 Å². The van der Waals surface area contributed by atoms with Gasteiger partial charge in [0, 0.05) is 42.2 Å². The molecule has 1 aliphatic rings. The van der Waals surface area contributed by atoms with E-state index in [1.165, 1.54) is 12.3 Å². The molecule has 6 nitrogen and oxygen atoms in total. The van der Waals surface area contributed by atoms with Crippen molar-refractivity contribution in [2.24, 2.45) is 0 Å². The van der Waals surface area contributed by atoms with E-state index in [1.54, 1.807) is 12.1 Å². The van der Waals surface area contributed by atoms with E-state index in [2.05, 4.69) is 20.9 Å². The van der Waals surface area contributed by atoms with Crippen molar-refractivity contribution in [2.45, 2.75) is 25.4 Å². The highest BCUT2D eigenvalue weighted by Crippen LogP contribution is 2.21. The normalized spacial score (nSPS) is 18.9. The van der Waals surface area contributed by atoms with Gasteiger partial charge in [0.25, 0.3) is 0 Å². The molecular weight excluding hydrogens is 354 g/mol. The molecular formula is C19H20F2N4O2. The van der Waals surface area contributed by atoms with E-state index >= 15 is 0 Å². The highest BCUT2D eigenvalue weighted by molar-refractivity contribution is 6.05. The van der Waals surface area contributed by atoms with Crippen LogP contribution in [0.3, 0.4) is 0 Å². The Hall–Kier alpha value is -2.87. The van der Waals surface area contributed by atoms with Crippen LogP contribution in [0.25, 0.3) is 0 Å². The number of hydrogen-bond donors (Lipinski definition) is 3. The number of Topliss-reactive ketones (excluding diaryl/α,β-unsaturated/α-hetero) is 1. The average Bonchev–Trinajstić information content (AvgIpc) is 3.10. The van der Waals surface area contributed by atoms with Crippen molar-refractivity contribution in [3.63, 3.8) is 0 Å². The maximum Gasteiger partial charge on any atom is 0.315 e. The molecule has 2 aromatic rings. The first-order valence-corrected chi connectivity index (χ1v) is 8.58. The van der Waals surface area contributed by atoms with Crippen molar-refractivity contribution in [1.82, 2.24) is 20.9 Å². The van der Waals surface area contributed by atoms with Gasteiger partial charge in [-0.1, -0.05) is 6.07 Å². The fourth-order valence-electron chi connectivity index (χ4n) is 3.03. The molecule has 0 aliphatic carbocycles. The van der Waals surface area contributed by atoms with Gasteiger partial charge in [0.15, 0.2) is 5.78 Å². The van der Waals surface area contributed by atoms with Crippen molar-refractivity contribution < 1.29 is 18.4 Å². The summed E-state index contributed by atoms with van der Waals surface area (Å²) in [5.41, 5.74) is 0.257.